The molecular weight excluding hydrogens is 303 g/mol. The van der Waals surface area contributed by atoms with Gasteiger partial charge in [0.1, 0.15) is 11.6 Å². The highest BCUT2D eigenvalue weighted by Gasteiger charge is 2.20. The second-order valence-electron chi connectivity index (χ2n) is 4.83. The Balaban J connectivity index is 1.97. The minimum atomic E-state index is -0.330. The average Bonchev–Trinajstić information content (AvgIpc) is 2.95. The number of hydrogen-bond acceptors (Lipinski definition) is 4. The zero-order valence-corrected chi connectivity index (χ0v) is 13.4. The molecule has 2 aromatic rings. The molecule has 0 spiro atoms. The number of H-pyrrole nitrogens is 1. The van der Waals surface area contributed by atoms with Crippen molar-refractivity contribution in [2.45, 2.75) is 43.5 Å². The molecule has 0 aliphatic carbocycles. The number of aromatic nitrogens is 3. The summed E-state index contributed by atoms with van der Waals surface area (Å²) in [5.74, 6) is 0.364. The van der Waals surface area contributed by atoms with Gasteiger partial charge in [-0.3, -0.25) is 9.89 Å². The van der Waals surface area contributed by atoms with Crippen molar-refractivity contribution in [2.24, 2.45) is 0 Å². The van der Waals surface area contributed by atoms with Crippen LogP contribution in [0.1, 0.15) is 32.5 Å². The highest BCUT2D eigenvalue weighted by atomic mass is 32.2. The molecule has 0 aliphatic heterocycles. The number of aryl methyl sites for hydroxylation is 1. The molecular formula is C15H19FN4OS. The van der Waals surface area contributed by atoms with E-state index in [1.54, 1.807) is 0 Å². The molecule has 2 rings (SSSR count). The Morgan fingerprint density at radius 3 is 2.73 bits per heavy atom. The fraction of sp³-hybridized carbons (Fsp3) is 0.400. The van der Waals surface area contributed by atoms with Crippen LogP contribution < -0.4 is 5.32 Å². The monoisotopic (exact) mass is 322 g/mol. The molecule has 1 aromatic heterocycles. The summed E-state index contributed by atoms with van der Waals surface area (Å²) in [6.45, 7) is 4.00. The van der Waals surface area contributed by atoms with E-state index in [1.807, 2.05) is 6.92 Å². The molecule has 1 heterocycles. The van der Waals surface area contributed by atoms with E-state index in [0.29, 0.717) is 17.3 Å². The van der Waals surface area contributed by atoms with Gasteiger partial charge in [-0.2, -0.15) is 0 Å². The molecule has 5 nitrogen and oxygen atoms in total. The van der Waals surface area contributed by atoms with E-state index >= 15 is 0 Å². The van der Waals surface area contributed by atoms with E-state index in [-0.39, 0.29) is 17.0 Å². The quantitative estimate of drug-likeness (QED) is 0.766. The van der Waals surface area contributed by atoms with E-state index in [4.69, 9.17) is 0 Å². The number of rotatable bonds is 7. The molecule has 0 saturated heterocycles. The summed E-state index contributed by atoms with van der Waals surface area (Å²) in [6, 6.07) is 5.71. The van der Waals surface area contributed by atoms with E-state index in [0.717, 1.165) is 18.7 Å². The molecule has 0 bridgehead atoms. The van der Waals surface area contributed by atoms with Crippen LogP contribution in [0.15, 0.2) is 29.4 Å². The van der Waals surface area contributed by atoms with Gasteiger partial charge in [-0.25, -0.2) is 9.37 Å². The first kappa shape index (κ1) is 16.5. The van der Waals surface area contributed by atoms with Crippen molar-refractivity contribution in [3.8, 4) is 0 Å². The van der Waals surface area contributed by atoms with Crippen molar-refractivity contribution in [3.63, 3.8) is 0 Å². The minimum absolute atomic E-state index is 0.138. The first-order valence-electron chi connectivity index (χ1n) is 7.26. The zero-order chi connectivity index (χ0) is 15.9. The van der Waals surface area contributed by atoms with Crippen LogP contribution in [0.25, 0.3) is 0 Å². The van der Waals surface area contributed by atoms with Gasteiger partial charge in [0.25, 0.3) is 0 Å². The minimum Gasteiger partial charge on any atom is -0.325 e. The van der Waals surface area contributed by atoms with Crippen molar-refractivity contribution in [3.05, 3.63) is 35.9 Å². The predicted octanol–water partition coefficient (Wildman–Crippen LogP) is 3.41. The highest BCUT2D eigenvalue weighted by molar-refractivity contribution is 8.00. The van der Waals surface area contributed by atoms with E-state index in [9.17, 15) is 9.18 Å². The van der Waals surface area contributed by atoms with Crippen LogP contribution in [-0.2, 0) is 11.2 Å². The first-order chi connectivity index (χ1) is 10.6. The number of halogens is 1. The van der Waals surface area contributed by atoms with Crippen LogP contribution in [-0.4, -0.2) is 26.3 Å². The van der Waals surface area contributed by atoms with Gasteiger partial charge in [0.05, 0.1) is 5.25 Å². The summed E-state index contributed by atoms with van der Waals surface area (Å²) >= 11 is 1.33. The molecule has 7 heteroatoms. The van der Waals surface area contributed by atoms with Crippen LogP contribution in [0.2, 0.25) is 0 Å². The van der Waals surface area contributed by atoms with Gasteiger partial charge in [-0.05, 0) is 37.1 Å². The maximum Gasteiger partial charge on any atom is 0.237 e. The van der Waals surface area contributed by atoms with Crippen LogP contribution in [0.5, 0.6) is 0 Å². The first-order valence-corrected chi connectivity index (χ1v) is 8.14. The third-order valence-corrected chi connectivity index (χ3v) is 4.25. The lowest BCUT2D eigenvalue weighted by atomic mass is 10.2. The Morgan fingerprint density at radius 1 is 1.36 bits per heavy atom. The zero-order valence-electron chi connectivity index (χ0n) is 12.6. The molecule has 1 aromatic carbocycles. The Kier molecular flexibility index (Phi) is 5.94. The number of benzene rings is 1. The molecule has 118 valence electrons. The Labute approximate surface area is 133 Å². The molecule has 0 radical (unpaired) electrons. The molecule has 0 aliphatic rings. The lowest BCUT2D eigenvalue weighted by molar-refractivity contribution is -0.115. The molecule has 2 N–H and O–H groups in total. The fourth-order valence-corrected chi connectivity index (χ4v) is 2.73. The smallest absolute Gasteiger partial charge is 0.237 e. The number of anilines is 1. The SMILES string of the molecule is CCCc1nc(SC(CC)C(=O)Nc2ccc(F)cc2)n[nH]1. The van der Waals surface area contributed by atoms with Gasteiger partial charge in [0.15, 0.2) is 0 Å². The number of nitrogens with one attached hydrogen (secondary N) is 2. The number of thioether (sulfide) groups is 1. The molecule has 0 saturated carbocycles. The Hall–Kier alpha value is -1.89. The third-order valence-electron chi connectivity index (χ3n) is 3.02. The summed E-state index contributed by atoms with van der Waals surface area (Å²) in [7, 11) is 0. The number of amides is 1. The lowest BCUT2D eigenvalue weighted by Crippen LogP contribution is -2.24. The van der Waals surface area contributed by atoms with Gasteiger partial charge in [-0.15, -0.1) is 5.10 Å². The number of aromatic amines is 1. The van der Waals surface area contributed by atoms with Crippen molar-refractivity contribution >= 4 is 23.4 Å². The molecule has 1 atom stereocenters. The molecule has 22 heavy (non-hydrogen) atoms. The maximum absolute atomic E-state index is 12.9. The van der Waals surface area contributed by atoms with Crippen LogP contribution in [0, 0.1) is 5.82 Å². The van der Waals surface area contributed by atoms with Crippen molar-refractivity contribution in [1.29, 1.82) is 0 Å². The summed E-state index contributed by atoms with van der Waals surface area (Å²) in [4.78, 5) is 16.6. The largest absolute Gasteiger partial charge is 0.325 e. The summed E-state index contributed by atoms with van der Waals surface area (Å²) in [6.07, 6.45) is 2.48. The summed E-state index contributed by atoms with van der Waals surface area (Å²) in [5, 5.41) is 10.1. The normalized spacial score (nSPS) is 12.1. The lowest BCUT2D eigenvalue weighted by Gasteiger charge is -2.12. The maximum atomic E-state index is 12.9. The summed E-state index contributed by atoms with van der Waals surface area (Å²) < 4.78 is 12.9. The topological polar surface area (TPSA) is 70.7 Å². The van der Waals surface area contributed by atoms with Crippen molar-refractivity contribution < 1.29 is 9.18 Å². The van der Waals surface area contributed by atoms with Gasteiger partial charge >= 0.3 is 0 Å². The second kappa shape index (κ2) is 7.93. The molecule has 1 unspecified atom stereocenters. The van der Waals surface area contributed by atoms with Gasteiger partial charge in [-0.1, -0.05) is 25.6 Å². The van der Waals surface area contributed by atoms with E-state index in [1.165, 1.54) is 36.0 Å². The molecule has 0 fully saturated rings. The highest BCUT2D eigenvalue weighted by Crippen LogP contribution is 2.23. The molecule has 1 amide bonds. The predicted molar refractivity (Wildman–Crippen MR) is 85.3 cm³/mol. The summed E-state index contributed by atoms with van der Waals surface area (Å²) in [5.41, 5.74) is 0.576. The van der Waals surface area contributed by atoms with Gasteiger partial charge < -0.3 is 5.32 Å². The number of nitrogens with zero attached hydrogens (tertiary/aromatic N) is 2. The van der Waals surface area contributed by atoms with Gasteiger partial charge in [0.2, 0.25) is 11.1 Å². The van der Waals surface area contributed by atoms with E-state index < -0.39 is 0 Å². The van der Waals surface area contributed by atoms with Gasteiger partial charge in [0, 0.05) is 12.1 Å². The van der Waals surface area contributed by atoms with Crippen molar-refractivity contribution in [2.75, 3.05) is 5.32 Å². The van der Waals surface area contributed by atoms with E-state index in [2.05, 4.69) is 27.4 Å². The average molecular weight is 322 g/mol. The number of carbonyl (C=O) groups excluding carboxylic acids is 1. The second-order valence-corrected chi connectivity index (χ2v) is 6.00. The standard InChI is InChI=1S/C15H19FN4OS/c1-3-5-13-18-15(20-19-13)22-12(4-2)14(21)17-11-8-6-10(16)7-9-11/h6-9,12H,3-5H2,1-2H3,(H,17,21)(H,18,19,20). The van der Waals surface area contributed by atoms with Crippen LogP contribution in [0.4, 0.5) is 10.1 Å². The fourth-order valence-electron chi connectivity index (χ4n) is 1.88. The Bertz CT molecular complexity index is 614. The number of carbonyl (C=O) groups is 1. The van der Waals surface area contributed by atoms with Crippen LogP contribution in [0.3, 0.4) is 0 Å². The van der Waals surface area contributed by atoms with Crippen molar-refractivity contribution in [1.82, 2.24) is 15.2 Å². The van der Waals surface area contributed by atoms with Crippen LogP contribution >= 0.6 is 11.8 Å². The Morgan fingerprint density at radius 2 is 2.09 bits per heavy atom. The number of hydrogen-bond donors (Lipinski definition) is 2. The third kappa shape index (κ3) is 4.56.